The number of nitrogens with zero attached hydrogens (tertiary/aromatic N) is 2. The van der Waals surface area contributed by atoms with E-state index in [2.05, 4.69) is 39.8 Å². The third kappa shape index (κ3) is 4.15. The molecule has 0 spiro atoms. The Hall–Kier alpha value is -2.02. The molecule has 1 heterocycles. The standard InChI is InChI=1S/C18H22F2N4S/c1-10(2)15-9-25-16(23-15)8-22-18(21-3)24-14-7-11(14)17-12(19)5-4-6-13(17)20/h4-6,9-11,14H,7-8H2,1-3H3,(H2,21,22,24). The van der Waals surface area contributed by atoms with Crippen LogP contribution in [0.25, 0.3) is 0 Å². The van der Waals surface area contributed by atoms with E-state index in [0.29, 0.717) is 24.8 Å². The molecule has 0 aliphatic heterocycles. The van der Waals surface area contributed by atoms with Crippen molar-refractivity contribution in [1.29, 1.82) is 0 Å². The van der Waals surface area contributed by atoms with E-state index in [1.54, 1.807) is 18.4 Å². The average Bonchev–Trinajstić information content (AvgIpc) is 3.14. The van der Waals surface area contributed by atoms with Gasteiger partial charge in [0.15, 0.2) is 5.96 Å². The first kappa shape index (κ1) is 17.8. The van der Waals surface area contributed by atoms with Crippen LogP contribution in [-0.2, 0) is 6.54 Å². The van der Waals surface area contributed by atoms with Crippen LogP contribution in [0.5, 0.6) is 0 Å². The van der Waals surface area contributed by atoms with E-state index in [-0.39, 0.29) is 17.5 Å². The molecule has 0 amide bonds. The van der Waals surface area contributed by atoms with E-state index in [1.807, 2.05) is 0 Å². The summed E-state index contributed by atoms with van der Waals surface area (Å²) in [5.74, 6) is -0.106. The lowest BCUT2D eigenvalue weighted by molar-refractivity contribution is 0.553. The Kier molecular flexibility index (Phi) is 5.32. The normalized spacial score (nSPS) is 20.0. The van der Waals surface area contributed by atoms with Gasteiger partial charge in [0.2, 0.25) is 0 Å². The lowest BCUT2D eigenvalue weighted by Gasteiger charge is -2.11. The summed E-state index contributed by atoms with van der Waals surface area (Å²) in [7, 11) is 1.68. The molecule has 1 aromatic carbocycles. The molecule has 2 unspecified atom stereocenters. The molecule has 2 aromatic rings. The molecule has 0 bridgehead atoms. The lowest BCUT2D eigenvalue weighted by Crippen LogP contribution is -2.38. The summed E-state index contributed by atoms with van der Waals surface area (Å²) < 4.78 is 27.7. The first-order chi connectivity index (χ1) is 12.0. The predicted molar refractivity (Wildman–Crippen MR) is 97.0 cm³/mol. The van der Waals surface area contributed by atoms with Crippen molar-refractivity contribution < 1.29 is 8.78 Å². The van der Waals surface area contributed by atoms with Crippen molar-refractivity contribution in [3.05, 3.63) is 51.5 Å². The summed E-state index contributed by atoms with van der Waals surface area (Å²) in [5.41, 5.74) is 1.25. The molecule has 1 saturated carbocycles. The minimum atomic E-state index is -0.485. The van der Waals surface area contributed by atoms with Crippen molar-refractivity contribution in [2.75, 3.05) is 7.05 Å². The zero-order chi connectivity index (χ0) is 18.0. The Labute approximate surface area is 150 Å². The van der Waals surface area contributed by atoms with Crippen molar-refractivity contribution in [2.45, 2.75) is 44.7 Å². The molecule has 0 saturated heterocycles. The van der Waals surface area contributed by atoms with E-state index >= 15 is 0 Å². The minimum absolute atomic E-state index is 0.0138. The molecule has 4 nitrogen and oxygen atoms in total. The molecule has 7 heteroatoms. The van der Waals surface area contributed by atoms with Crippen LogP contribution in [0.3, 0.4) is 0 Å². The van der Waals surface area contributed by atoms with E-state index in [9.17, 15) is 8.78 Å². The van der Waals surface area contributed by atoms with Gasteiger partial charge in [-0.3, -0.25) is 4.99 Å². The number of halogens is 2. The van der Waals surface area contributed by atoms with Gasteiger partial charge in [-0.05, 0) is 24.5 Å². The average molecular weight is 364 g/mol. The van der Waals surface area contributed by atoms with Gasteiger partial charge in [0.25, 0.3) is 0 Å². The van der Waals surface area contributed by atoms with Crippen LogP contribution in [0.4, 0.5) is 8.78 Å². The number of guanidine groups is 1. The smallest absolute Gasteiger partial charge is 0.191 e. The largest absolute Gasteiger partial charge is 0.353 e. The second-order valence-electron chi connectivity index (χ2n) is 6.47. The highest BCUT2D eigenvalue weighted by Gasteiger charge is 2.42. The fourth-order valence-corrected chi connectivity index (χ4v) is 3.63. The topological polar surface area (TPSA) is 49.3 Å². The molecule has 0 radical (unpaired) electrons. The van der Waals surface area contributed by atoms with Gasteiger partial charge in [-0.2, -0.15) is 0 Å². The van der Waals surface area contributed by atoms with Gasteiger partial charge in [-0.15, -0.1) is 11.3 Å². The van der Waals surface area contributed by atoms with E-state index in [1.165, 1.54) is 18.2 Å². The predicted octanol–water partition coefficient (Wildman–Crippen LogP) is 3.77. The van der Waals surface area contributed by atoms with E-state index in [0.717, 1.165) is 10.7 Å². The number of hydrogen-bond acceptors (Lipinski definition) is 3. The van der Waals surface area contributed by atoms with Crippen LogP contribution in [0.1, 0.15) is 48.4 Å². The van der Waals surface area contributed by atoms with Gasteiger partial charge >= 0.3 is 0 Å². The molecule has 2 N–H and O–H groups in total. The summed E-state index contributed by atoms with van der Waals surface area (Å²) in [6, 6.07) is 3.98. The summed E-state index contributed by atoms with van der Waals surface area (Å²) in [6.07, 6.45) is 0.688. The third-order valence-corrected chi connectivity index (χ3v) is 5.14. The maximum atomic E-state index is 13.9. The fraction of sp³-hybridized carbons (Fsp3) is 0.444. The van der Waals surface area contributed by atoms with Gasteiger partial charge in [0.05, 0.1) is 12.2 Å². The van der Waals surface area contributed by atoms with Crippen molar-refractivity contribution in [3.8, 4) is 0 Å². The van der Waals surface area contributed by atoms with Crippen LogP contribution in [0, 0.1) is 11.6 Å². The summed E-state index contributed by atoms with van der Waals surface area (Å²) in [6.45, 7) is 4.80. The Morgan fingerprint density at radius 3 is 2.68 bits per heavy atom. The minimum Gasteiger partial charge on any atom is -0.353 e. The molecule has 25 heavy (non-hydrogen) atoms. The summed E-state index contributed by atoms with van der Waals surface area (Å²) >= 11 is 1.61. The summed E-state index contributed by atoms with van der Waals surface area (Å²) in [5, 5.41) is 9.49. The zero-order valence-corrected chi connectivity index (χ0v) is 15.3. The number of thiazole rings is 1. The quantitative estimate of drug-likeness (QED) is 0.627. The molecule has 1 aliphatic rings. The summed E-state index contributed by atoms with van der Waals surface area (Å²) in [4.78, 5) is 8.75. The van der Waals surface area contributed by atoms with Crippen molar-refractivity contribution in [3.63, 3.8) is 0 Å². The molecule has 2 atom stereocenters. The number of aromatic nitrogens is 1. The van der Waals surface area contributed by atoms with Gasteiger partial charge in [0.1, 0.15) is 16.6 Å². The molecule has 134 valence electrons. The van der Waals surface area contributed by atoms with Crippen molar-refractivity contribution in [2.24, 2.45) is 4.99 Å². The number of nitrogens with one attached hydrogen (secondary N) is 2. The molecular formula is C18H22F2N4S. The highest BCUT2D eigenvalue weighted by atomic mass is 32.1. The van der Waals surface area contributed by atoms with Crippen LogP contribution in [0.2, 0.25) is 0 Å². The number of aliphatic imine (C=N–C) groups is 1. The van der Waals surface area contributed by atoms with Gasteiger partial charge < -0.3 is 10.6 Å². The van der Waals surface area contributed by atoms with Crippen LogP contribution >= 0.6 is 11.3 Å². The zero-order valence-electron chi connectivity index (χ0n) is 14.5. The van der Waals surface area contributed by atoms with E-state index < -0.39 is 11.6 Å². The molecule has 1 aromatic heterocycles. The van der Waals surface area contributed by atoms with Crippen LogP contribution < -0.4 is 10.6 Å². The molecular weight excluding hydrogens is 342 g/mol. The molecule has 1 aliphatic carbocycles. The van der Waals surface area contributed by atoms with Gasteiger partial charge in [-0.25, -0.2) is 13.8 Å². The third-order valence-electron chi connectivity index (χ3n) is 4.27. The number of rotatable bonds is 5. The second-order valence-corrected chi connectivity index (χ2v) is 7.42. The Morgan fingerprint density at radius 1 is 1.36 bits per heavy atom. The fourth-order valence-electron chi connectivity index (χ4n) is 2.74. The van der Waals surface area contributed by atoms with Crippen molar-refractivity contribution in [1.82, 2.24) is 15.6 Å². The maximum absolute atomic E-state index is 13.9. The SMILES string of the molecule is CN=C(NCc1nc(C(C)C)cs1)NC1CC1c1c(F)cccc1F. The molecule has 3 rings (SSSR count). The Balaban J connectivity index is 1.55. The van der Waals surface area contributed by atoms with Crippen molar-refractivity contribution >= 4 is 17.3 Å². The lowest BCUT2D eigenvalue weighted by atomic mass is 10.1. The number of hydrogen-bond donors (Lipinski definition) is 2. The number of benzene rings is 1. The molecule has 1 fully saturated rings. The monoisotopic (exact) mass is 364 g/mol. The highest BCUT2D eigenvalue weighted by molar-refractivity contribution is 7.09. The van der Waals surface area contributed by atoms with Gasteiger partial charge in [0, 0.05) is 30.0 Å². The highest BCUT2D eigenvalue weighted by Crippen LogP contribution is 2.43. The maximum Gasteiger partial charge on any atom is 0.191 e. The first-order valence-electron chi connectivity index (χ1n) is 8.35. The first-order valence-corrected chi connectivity index (χ1v) is 9.23. The Morgan fingerprint density at radius 2 is 2.08 bits per heavy atom. The van der Waals surface area contributed by atoms with Gasteiger partial charge in [-0.1, -0.05) is 19.9 Å². The van der Waals surface area contributed by atoms with Crippen LogP contribution in [0.15, 0.2) is 28.6 Å². The second kappa shape index (κ2) is 7.47. The van der Waals surface area contributed by atoms with E-state index in [4.69, 9.17) is 0 Å². The Bertz CT molecular complexity index is 752. The van der Waals surface area contributed by atoms with Crippen LogP contribution in [-0.4, -0.2) is 24.0 Å².